The Morgan fingerprint density at radius 2 is 1.78 bits per heavy atom. The molecule has 0 atom stereocenters. The number of hydrogen-bond donors (Lipinski definition) is 0. The Balaban J connectivity index is 2.04. The zero-order valence-electron chi connectivity index (χ0n) is 11.7. The van der Waals surface area contributed by atoms with Crippen LogP contribution >= 0.6 is 0 Å². The van der Waals surface area contributed by atoms with Crippen molar-refractivity contribution in [2.45, 2.75) is 0 Å². The SMILES string of the molecule is O=[N+]([O-])c1cccc2ccc(/C=C/c3cccc(F)c3F)nc12. The van der Waals surface area contributed by atoms with Crippen molar-refractivity contribution in [2.24, 2.45) is 0 Å². The van der Waals surface area contributed by atoms with E-state index in [0.29, 0.717) is 11.1 Å². The van der Waals surface area contributed by atoms with Crippen molar-refractivity contribution in [3.63, 3.8) is 0 Å². The van der Waals surface area contributed by atoms with Crippen LogP contribution in [0.4, 0.5) is 14.5 Å². The summed E-state index contributed by atoms with van der Waals surface area (Å²) in [6.07, 6.45) is 2.86. The first-order valence-electron chi connectivity index (χ1n) is 6.72. The Hall–Kier alpha value is -3.15. The number of pyridine rings is 1. The van der Waals surface area contributed by atoms with Crippen LogP contribution in [0, 0.1) is 21.7 Å². The van der Waals surface area contributed by atoms with Gasteiger partial charge in [0.05, 0.1) is 10.6 Å². The van der Waals surface area contributed by atoms with Gasteiger partial charge >= 0.3 is 0 Å². The summed E-state index contributed by atoms with van der Waals surface area (Å²) in [7, 11) is 0. The predicted octanol–water partition coefficient (Wildman–Crippen LogP) is 4.59. The summed E-state index contributed by atoms with van der Waals surface area (Å²) < 4.78 is 26.7. The van der Waals surface area contributed by atoms with Crippen molar-refractivity contribution in [1.82, 2.24) is 4.98 Å². The van der Waals surface area contributed by atoms with Crippen molar-refractivity contribution >= 4 is 28.7 Å². The number of fused-ring (bicyclic) bond motifs is 1. The van der Waals surface area contributed by atoms with E-state index >= 15 is 0 Å². The van der Waals surface area contributed by atoms with Crippen molar-refractivity contribution in [1.29, 1.82) is 0 Å². The van der Waals surface area contributed by atoms with E-state index in [1.165, 1.54) is 30.4 Å². The number of para-hydroxylation sites is 1. The van der Waals surface area contributed by atoms with E-state index in [1.807, 2.05) is 0 Å². The second-order valence-electron chi connectivity index (χ2n) is 4.82. The monoisotopic (exact) mass is 312 g/mol. The van der Waals surface area contributed by atoms with Gasteiger partial charge in [0.15, 0.2) is 11.6 Å². The second-order valence-corrected chi connectivity index (χ2v) is 4.82. The third kappa shape index (κ3) is 2.91. The molecular formula is C17H10F2N2O2. The van der Waals surface area contributed by atoms with E-state index in [9.17, 15) is 18.9 Å². The van der Waals surface area contributed by atoms with E-state index < -0.39 is 16.6 Å². The summed E-state index contributed by atoms with van der Waals surface area (Å²) in [5.74, 6) is -1.88. The smallest absolute Gasteiger partial charge is 0.258 e. The van der Waals surface area contributed by atoms with Gasteiger partial charge in [-0.3, -0.25) is 10.1 Å². The van der Waals surface area contributed by atoms with Crippen LogP contribution in [0.25, 0.3) is 23.1 Å². The van der Waals surface area contributed by atoms with E-state index in [4.69, 9.17) is 0 Å². The number of aromatic nitrogens is 1. The number of hydrogen-bond acceptors (Lipinski definition) is 3. The van der Waals surface area contributed by atoms with Crippen LogP contribution in [0.3, 0.4) is 0 Å². The largest absolute Gasteiger partial charge is 0.295 e. The molecule has 3 rings (SSSR count). The van der Waals surface area contributed by atoms with Crippen LogP contribution in [0.5, 0.6) is 0 Å². The number of nitrogens with zero attached hydrogens (tertiary/aromatic N) is 2. The zero-order chi connectivity index (χ0) is 16.4. The lowest BCUT2D eigenvalue weighted by atomic mass is 10.1. The summed E-state index contributed by atoms with van der Waals surface area (Å²) >= 11 is 0. The van der Waals surface area contributed by atoms with Crippen LogP contribution in [0.1, 0.15) is 11.3 Å². The fourth-order valence-electron chi connectivity index (χ4n) is 2.21. The molecule has 0 aliphatic carbocycles. The summed E-state index contributed by atoms with van der Waals surface area (Å²) in [6.45, 7) is 0. The third-order valence-corrected chi connectivity index (χ3v) is 3.33. The van der Waals surface area contributed by atoms with Crippen molar-refractivity contribution in [3.05, 3.63) is 81.5 Å². The highest BCUT2D eigenvalue weighted by Gasteiger charge is 2.12. The van der Waals surface area contributed by atoms with Gasteiger partial charge < -0.3 is 0 Å². The standard InChI is InChI=1S/C17H10F2N2O2/c18-14-5-1-3-11(16(14)19)7-9-13-10-8-12-4-2-6-15(21(22)23)17(12)20-13/h1-10H/b9-7+. The number of nitro groups is 1. The molecule has 0 amide bonds. The van der Waals surface area contributed by atoms with Crippen molar-refractivity contribution < 1.29 is 13.7 Å². The molecule has 6 heteroatoms. The molecule has 0 spiro atoms. The van der Waals surface area contributed by atoms with Crippen LogP contribution < -0.4 is 0 Å². The summed E-state index contributed by atoms with van der Waals surface area (Å²) in [4.78, 5) is 14.8. The number of benzene rings is 2. The normalized spacial score (nSPS) is 11.2. The van der Waals surface area contributed by atoms with Gasteiger partial charge in [-0.1, -0.05) is 30.3 Å². The van der Waals surface area contributed by atoms with Crippen molar-refractivity contribution in [3.8, 4) is 0 Å². The van der Waals surface area contributed by atoms with Crippen molar-refractivity contribution in [2.75, 3.05) is 0 Å². The van der Waals surface area contributed by atoms with Gasteiger partial charge in [0.2, 0.25) is 0 Å². The molecule has 1 aromatic heterocycles. The van der Waals surface area contributed by atoms with E-state index in [-0.39, 0.29) is 16.8 Å². The van der Waals surface area contributed by atoms with Crippen LogP contribution in [0.2, 0.25) is 0 Å². The van der Waals surface area contributed by atoms with E-state index in [2.05, 4.69) is 4.98 Å². The molecule has 114 valence electrons. The Morgan fingerprint density at radius 1 is 1.00 bits per heavy atom. The molecule has 1 heterocycles. The minimum atomic E-state index is -0.949. The topological polar surface area (TPSA) is 56.0 Å². The molecule has 0 aliphatic heterocycles. The Bertz CT molecular complexity index is 939. The maximum atomic E-state index is 13.6. The molecule has 0 saturated heterocycles. The zero-order valence-corrected chi connectivity index (χ0v) is 11.7. The maximum Gasteiger partial charge on any atom is 0.295 e. The van der Waals surface area contributed by atoms with Gasteiger partial charge in [0.25, 0.3) is 5.69 Å². The quantitative estimate of drug-likeness (QED) is 0.525. The predicted molar refractivity (Wildman–Crippen MR) is 83.7 cm³/mol. The Kier molecular flexibility index (Phi) is 3.80. The number of rotatable bonds is 3. The van der Waals surface area contributed by atoms with Gasteiger partial charge in [-0.15, -0.1) is 0 Å². The molecule has 4 nitrogen and oxygen atoms in total. The van der Waals surface area contributed by atoms with E-state index in [1.54, 1.807) is 24.3 Å². The minimum absolute atomic E-state index is 0.0782. The lowest BCUT2D eigenvalue weighted by molar-refractivity contribution is -0.383. The lowest BCUT2D eigenvalue weighted by Crippen LogP contribution is -1.92. The molecular weight excluding hydrogens is 302 g/mol. The average Bonchev–Trinajstić information content (AvgIpc) is 2.55. The number of halogens is 2. The van der Waals surface area contributed by atoms with Gasteiger partial charge in [-0.25, -0.2) is 13.8 Å². The molecule has 0 bridgehead atoms. The molecule has 0 unspecified atom stereocenters. The molecule has 0 aliphatic rings. The first kappa shape index (κ1) is 14.8. The molecule has 3 aromatic rings. The first-order chi connectivity index (χ1) is 11.1. The summed E-state index contributed by atoms with van der Waals surface area (Å²) in [6, 6.07) is 11.9. The molecule has 2 aromatic carbocycles. The fourth-order valence-corrected chi connectivity index (χ4v) is 2.21. The molecule has 0 fully saturated rings. The molecule has 23 heavy (non-hydrogen) atoms. The highest BCUT2D eigenvalue weighted by atomic mass is 19.2. The summed E-state index contributed by atoms with van der Waals surface area (Å²) in [5.41, 5.74) is 0.638. The minimum Gasteiger partial charge on any atom is -0.258 e. The van der Waals surface area contributed by atoms with Gasteiger partial charge in [0, 0.05) is 17.0 Å². The Labute approximate surface area is 129 Å². The lowest BCUT2D eigenvalue weighted by Gasteiger charge is -2.01. The highest BCUT2D eigenvalue weighted by molar-refractivity contribution is 5.88. The van der Waals surface area contributed by atoms with Crippen LogP contribution in [-0.4, -0.2) is 9.91 Å². The van der Waals surface area contributed by atoms with Gasteiger partial charge in [-0.2, -0.15) is 0 Å². The third-order valence-electron chi connectivity index (χ3n) is 3.33. The molecule has 0 N–H and O–H groups in total. The van der Waals surface area contributed by atoms with Crippen LogP contribution in [0.15, 0.2) is 48.5 Å². The van der Waals surface area contributed by atoms with Gasteiger partial charge in [-0.05, 0) is 24.3 Å². The highest BCUT2D eigenvalue weighted by Crippen LogP contribution is 2.24. The second kappa shape index (κ2) is 5.92. The number of nitro benzene ring substituents is 1. The average molecular weight is 312 g/mol. The maximum absolute atomic E-state index is 13.6. The molecule has 0 radical (unpaired) electrons. The number of non-ortho nitro benzene ring substituents is 1. The first-order valence-corrected chi connectivity index (χ1v) is 6.72. The van der Waals surface area contributed by atoms with Gasteiger partial charge in [0.1, 0.15) is 5.52 Å². The molecule has 0 saturated carbocycles. The van der Waals surface area contributed by atoms with Crippen LogP contribution in [-0.2, 0) is 0 Å². The van der Waals surface area contributed by atoms with E-state index in [0.717, 1.165) is 6.07 Å². The fraction of sp³-hybridized carbons (Fsp3) is 0. The summed E-state index contributed by atoms with van der Waals surface area (Å²) in [5, 5.41) is 11.7. The Morgan fingerprint density at radius 3 is 2.57 bits per heavy atom.